The Bertz CT molecular complexity index is 955. The van der Waals surface area contributed by atoms with E-state index in [1.54, 1.807) is 49.4 Å². The van der Waals surface area contributed by atoms with Gasteiger partial charge in [-0.15, -0.1) is 0 Å². The third-order valence-corrected chi connectivity index (χ3v) is 8.30. The fourth-order valence-corrected chi connectivity index (χ4v) is 6.19. The van der Waals surface area contributed by atoms with Crippen molar-refractivity contribution in [2.24, 2.45) is 0 Å². The normalized spacial score (nSPS) is 20.0. The van der Waals surface area contributed by atoms with E-state index < -0.39 is 26.2 Å². The van der Waals surface area contributed by atoms with Gasteiger partial charge in [0.05, 0.1) is 16.0 Å². The van der Waals surface area contributed by atoms with Crippen molar-refractivity contribution in [3.05, 3.63) is 60.2 Å². The van der Waals surface area contributed by atoms with Crippen LogP contribution < -0.4 is 0 Å². The first kappa shape index (κ1) is 18.1. The van der Waals surface area contributed by atoms with Crippen molar-refractivity contribution in [3.8, 4) is 0 Å². The predicted molar refractivity (Wildman–Crippen MR) is 94.9 cm³/mol. The first-order valence-corrected chi connectivity index (χ1v) is 10.8. The maximum absolute atomic E-state index is 12.9. The van der Waals surface area contributed by atoms with E-state index in [-0.39, 0.29) is 22.9 Å². The van der Waals surface area contributed by atoms with Crippen LogP contribution in [0.2, 0.25) is 0 Å². The lowest BCUT2D eigenvalue weighted by Crippen LogP contribution is -2.42. The van der Waals surface area contributed by atoms with Crippen molar-refractivity contribution in [2.75, 3.05) is 13.1 Å². The third-order valence-electron chi connectivity index (χ3n) is 4.35. The number of hydrogen-bond donors (Lipinski definition) is 0. The molecule has 2 aromatic carbocycles. The van der Waals surface area contributed by atoms with E-state index in [0.29, 0.717) is 0 Å². The monoisotopic (exact) mass is 380 g/mol. The van der Waals surface area contributed by atoms with Gasteiger partial charge in [0.25, 0.3) is 0 Å². The highest BCUT2D eigenvalue weighted by atomic mass is 32.2. The van der Waals surface area contributed by atoms with Crippen LogP contribution in [0.4, 0.5) is 0 Å². The highest BCUT2D eigenvalue weighted by molar-refractivity contribution is 7.90. The zero-order chi connectivity index (χ0) is 18.2. The summed E-state index contributed by atoms with van der Waals surface area (Å²) in [5, 5.41) is 0. The van der Waals surface area contributed by atoms with Gasteiger partial charge in [0.2, 0.25) is 20.0 Å². The Morgan fingerprint density at radius 2 is 1.20 bits per heavy atom. The van der Waals surface area contributed by atoms with Crippen LogP contribution in [0.15, 0.2) is 64.4 Å². The van der Waals surface area contributed by atoms with Crippen molar-refractivity contribution in [1.29, 1.82) is 0 Å². The molecule has 1 fully saturated rings. The zero-order valence-corrected chi connectivity index (χ0v) is 15.7. The summed E-state index contributed by atoms with van der Waals surface area (Å²) >= 11 is 0. The second kappa shape index (κ2) is 6.53. The van der Waals surface area contributed by atoms with E-state index >= 15 is 0 Å². The Hall–Kier alpha value is -1.74. The summed E-state index contributed by atoms with van der Waals surface area (Å²) in [6.45, 7) is 3.73. The first-order valence-electron chi connectivity index (χ1n) is 7.90. The van der Waals surface area contributed by atoms with E-state index in [4.69, 9.17) is 0 Å². The highest BCUT2D eigenvalue weighted by Crippen LogP contribution is 2.28. The molecule has 1 saturated heterocycles. The minimum absolute atomic E-state index is 0.128. The molecule has 6 nitrogen and oxygen atoms in total. The average molecular weight is 380 g/mol. The van der Waals surface area contributed by atoms with Crippen molar-refractivity contribution in [2.45, 2.75) is 29.8 Å². The molecule has 25 heavy (non-hydrogen) atoms. The first-order chi connectivity index (χ1) is 11.7. The summed E-state index contributed by atoms with van der Waals surface area (Å²) in [6.07, 6.45) is -0.781. The van der Waals surface area contributed by atoms with E-state index in [2.05, 4.69) is 0 Å². The molecule has 1 aliphatic heterocycles. The van der Waals surface area contributed by atoms with Crippen LogP contribution in [-0.2, 0) is 20.0 Å². The Morgan fingerprint density at radius 3 is 1.68 bits per heavy atom. The number of aryl methyl sites for hydroxylation is 1. The summed E-state index contributed by atoms with van der Waals surface area (Å²) in [7, 11) is -7.50. The molecule has 1 heterocycles. The summed E-state index contributed by atoms with van der Waals surface area (Å²) in [5.41, 5.74) is 0.960. The van der Waals surface area contributed by atoms with Gasteiger partial charge >= 0.3 is 0 Å². The van der Waals surface area contributed by atoms with Crippen LogP contribution in [0.5, 0.6) is 0 Å². The van der Waals surface area contributed by atoms with E-state index in [0.717, 1.165) is 5.56 Å². The van der Waals surface area contributed by atoms with Crippen LogP contribution in [0.25, 0.3) is 0 Å². The van der Waals surface area contributed by atoms with E-state index in [9.17, 15) is 16.8 Å². The highest BCUT2D eigenvalue weighted by Gasteiger charge is 2.43. The van der Waals surface area contributed by atoms with Gasteiger partial charge < -0.3 is 0 Å². The number of benzene rings is 2. The predicted octanol–water partition coefficient (Wildman–Crippen LogP) is 2.04. The standard InChI is InChI=1S/C17H20N2O4S2/c1-14-8-10-17(11-9-14)25(22,23)19-13-12-18(15(19)2)24(20,21)16-6-4-3-5-7-16/h3-11,15H,12-13H2,1-2H3/t15-/m1/s1. The van der Waals surface area contributed by atoms with Crippen molar-refractivity contribution >= 4 is 20.0 Å². The summed E-state index contributed by atoms with van der Waals surface area (Å²) in [5.74, 6) is 0. The fraction of sp³-hybridized carbons (Fsp3) is 0.294. The molecule has 0 spiro atoms. The average Bonchev–Trinajstić information content (AvgIpc) is 2.99. The second-order valence-electron chi connectivity index (χ2n) is 5.99. The molecule has 0 bridgehead atoms. The van der Waals surface area contributed by atoms with Crippen LogP contribution in [0, 0.1) is 6.92 Å². The lowest BCUT2D eigenvalue weighted by Gasteiger charge is -2.26. The second-order valence-corrected chi connectivity index (χ2v) is 9.77. The van der Waals surface area contributed by atoms with Crippen LogP contribution >= 0.6 is 0 Å². The summed E-state index contributed by atoms with van der Waals surface area (Å²) in [4.78, 5) is 0.334. The van der Waals surface area contributed by atoms with Crippen LogP contribution in [0.3, 0.4) is 0 Å². The van der Waals surface area contributed by atoms with Gasteiger partial charge in [-0.2, -0.15) is 8.61 Å². The number of sulfonamides is 2. The van der Waals surface area contributed by atoms with Crippen LogP contribution in [-0.4, -0.2) is 44.7 Å². The molecule has 0 aromatic heterocycles. The molecule has 134 valence electrons. The molecule has 8 heteroatoms. The van der Waals surface area contributed by atoms with Crippen molar-refractivity contribution < 1.29 is 16.8 Å². The van der Waals surface area contributed by atoms with Gasteiger partial charge in [-0.1, -0.05) is 35.9 Å². The number of nitrogens with zero attached hydrogens (tertiary/aromatic N) is 2. The summed E-state index contributed by atoms with van der Waals surface area (Å²) < 4.78 is 53.8. The molecule has 0 amide bonds. The van der Waals surface area contributed by atoms with Gasteiger partial charge in [0.15, 0.2) is 0 Å². The maximum Gasteiger partial charge on any atom is 0.244 e. The molecule has 1 atom stereocenters. The SMILES string of the molecule is Cc1ccc(S(=O)(=O)N2CCN(S(=O)(=O)c3ccccc3)[C@H]2C)cc1. The Kier molecular flexibility index (Phi) is 4.72. The van der Waals surface area contributed by atoms with Gasteiger partial charge in [-0.25, -0.2) is 16.8 Å². The molecular weight excluding hydrogens is 360 g/mol. The topological polar surface area (TPSA) is 74.8 Å². The molecule has 0 unspecified atom stereocenters. The molecule has 0 radical (unpaired) electrons. The lowest BCUT2D eigenvalue weighted by atomic mass is 10.2. The smallest absolute Gasteiger partial charge is 0.207 e. The number of rotatable bonds is 4. The maximum atomic E-state index is 12.9. The Balaban J connectivity index is 1.92. The van der Waals surface area contributed by atoms with Gasteiger partial charge in [0, 0.05) is 13.1 Å². The van der Waals surface area contributed by atoms with E-state index in [1.165, 1.54) is 20.7 Å². The molecule has 0 N–H and O–H groups in total. The molecular formula is C17H20N2O4S2. The van der Waals surface area contributed by atoms with Gasteiger partial charge in [-0.3, -0.25) is 0 Å². The Labute approximate surface area is 148 Å². The van der Waals surface area contributed by atoms with Crippen LogP contribution in [0.1, 0.15) is 12.5 Å². The lowest BCUT2D eigenvalue weighted by molar-refractivity contribution is 0.308. The molecule has 0 saturated carbocycles. The quantitative estimate of drug-likeness (QED) is 0.813. The van der Waals surface area contributed by atoms with Crippen molar-refractivity contribution in [1.82, 2.24) is 8.61 Å². The van der Waals surface area contributed by atoms with Crippen molar-refractivity contribution in [3.63, 3.8) is 0 Å². The summed E-state index contributed by atoms with van der Waals surface area (Å²) in [6, 6.07) is 14.6. The fourth-order valence-electron chi connectivity index (χ4n) is 2.93. The largest absolute Gasteiger partial charge is 0.244 e. The number of hydrogen-bond acceptors (Lipinski definition) is 4. The van der Waals surface area contributed by atoms with E-state index in [1.807, 2.05) is 6.92 Å². The van der Waals surface area contributed by atoms with Gasteiger partial charge in [-0.05, 0) is 38.1 Å². The molecule has 1 aliphatic rings. The minimum atomic E-state index is -3.75. The third kappa shape index (κ3) is 3.22. The molecule has 2 aromatic rings. The zero-order valence-electron chi connectivity index (χ0n) is 14.0. The molecule has 3 rings (SSSR count). The Morgan fingerprint density at radius 1 is 0.760 bits per heavy atom. The van der Waals surface area contributed by atoms with Gasteiger partial charge in [0.1, 0.15) is 0 Å². The molecule has 0 aliphatic carbocycles. The minimum Gasteiger partial charge on any atom is -0.207 e.